The van der Waals surface area contributed by atoms with Gasteiger partial charge in [-0.1, -0.05) is 0 Å². The fourth-order valence-corrected chi connectivity index (χ4v) is 1.75. The van der Waals surface area contributed by atoms with E-state index in [1.165, 1.54) is 0 Å². The summed E-state index contributed by atoms with van der Waals surface area (Å²) in [5.74, 6) is 1.44. The Kier molecular flexibility index (Phi) is 7.58. The molecule has 3 aromatic rings. The van der Waals surface area contributed by atoms with Crippen molar-refractivity contribution < 1.29 is 0 Å². The first kappa shape index (κ1) is 18.1. The van der Waals surface area contributed by atoms with Crippen molar-refractivity contribution in [1.29, 1.82) is 5.26 Å². The highest BCUT2D eigenvalue weighted by molar-refractivity contribution is 5.26. The normalized spacial score (nSPS) is 9.60. The summed E-state index contributed by atoms with van der Waals surface area (Å²) in [6.07, 6.45) is 8.34. The second-order valence-corrected chi connectivity index (χ2v) is 4.79. The van der Waals surface area contributed by atoms with E-state index < -0.39 is 0 Å². The van der Waals surface area contributed by atoms with Gasteiger partial charge in [-0.25, -0.2) is 19.9 Å². The number of nitrogens with one attached hydrogen (secondary N) is 1. The lowest BCUT2D eigenvalue weighted by atomic mass is 10.2. The number of aromatic nitrogens is 5. The second kappa shape index (κ2) is 10.5. The van der Waals surface area contributed by atoms with Crippen LogP contribution in [0, 0.1) is 11.3 Å². The van der Waals surface area contributed by atoms with Crippen LogP contribution in [0.2, 0.25) is 0 Å². The molecule has 25 heavy (non-hydrogen) atoms. The molecular weight excluding hydrogens is 316 g/mol. The zero-order valence-corrected chi connectivity index (χ0v) is 13.6. The predicted molar refractivity (Wildman–Crippen MR) is 91.5 cm³/mol. The van der Waals surface area contributed by atoms with Crippen molar-refractivity contribution >= 4 is 0 Å². The van der Waals surface area contributed by atoms with Crippen molar-refractivity contribution in [2.75, 3.05) is 0 Å². The van der Waals surface area contributed by atoms with Gasteiger partial charge in [-0.05, 0) is 24.3 Å². The minimum atomic E-state index is 0.418. The third-order valence-corrected chi connectivity index (χ3v) is 2.96. The fourth-order valence-electron chi connectivity index (χ4n) is 1.75. The van der Waals surface area contributed by atoms with Crippen LogP contribution in [0.3, 0.4) is 0 Å². The molecule has 8 heteroatoms. The van der Waals surface area contributed by atoms with Crippen molar-refractivity contribution in [1.82, 2.24) is 30.2 Å². The van der Waals surface area contributed by atoms with Crippen molar-refractivity contribution in [2.24, 2.45) is 5.73 Å². The van der Waals surface area contributed by atoms with Crippen molar-refractivity contribution in [3.63, 3.8) is 0 Å². The van der Waals surface area contributed by atoms with Gasteiger partial charge in [0.1, 0.15) is 17.7 Å². The summed E-state index contributed by atoms with van der Waals surface area (Å²) in [7, 11) is 0. The van der Waals surface area contributed by atoms with Gasteiger partial charge in [-0.2, -0.15) is 5.26 Å². The molecule has 0 aliphatic carbocycles. The Hall–Kier alpha value is -3.28. The minimum absolute atomic E-state index is 0.418. The molecule has 3 N–H and O–H groups in total. The lowest BCUT2D eigenvalue weighted by Gasteiger charge is -2.02. The van der Waals surface area contributed by atoms with Gasteiger partial charge in [0.25, 0.3) is 0 Å². The van der Waals surface area contributed by atoms with E-state index in [0.29, 0.717) is 31.0 Å². The summed E-state index contributed by atoms with van der Waals surface area (Å²) in [5.41, 5.74) is 6.68. The summed E-state index contributed by atoms with van der Waals surface area (Å²) >= 11 is 0. The number of hydrogen-bond acceptors (Lipinski definition) is 8. The van der Waals surface area contributed by atoms with E-state index in [9.17, 15) is 0 Å². The van der Waals surface area contributed by atoms with Crippen LogP contribution in [0.4, 0.5) is 0 Å². The molecule has 0 saturated carbocycles. The van der Waals surface area contributed by atoms with Gasteiger partial charge < -0.3 is 11.1 Å². The van der Waals surface area contributed by atoms with Crippen LogP contribution in [-0.4, -0.2) is 24.9 Å². The Morgan fingerprint density at radius 2 is 1.52 bits per heavy atom. The van der Waals surface area contributed by atoms with Gasteiger partial charge in [0.2, 0.25) is 0 Å². The number of nitrogens with zero attached hydrogens (tertiary/aromatic N) is 6. The lowest BCUT2D eigenvalue weighted by Crippen LogP contribution is -2.15. The van der Waals surface area contributed by atoms with Crippen molar-refractivity contribution in [2.45, 2.75) is 19.6 Å². The average Bonchev–Trinajstić information content (AvgIpc) is 2.70. The van der Waals surface area contributed by atoms with Gasteiger partial charge in [0.05, 0.1) is 24.3 Å². The third-order valence-electron chi connectivity index (χ3n) is 2.96. The molecule has 0 radical (unpaired) electrons. The zero-order chi connectivity index (χ0) is 17.7. The van der Waals surface area contributed by atoms with E-state index in [2.05, 4.69) is 30.2 Å². The number of nitrogens with two attached hydrogens (primary N) is 1. The molecule has 0 unspecified atom stereocenters. The van der Waals surface area contributed by atoms with Crippen LogP contribution < -0.4 is 11.1 Å². The Morgan fingerprint density at radius 1 is 0.880 bits per heavy atom. The summed E-state index contributed by atoms with van der Waals surface area (Å²) in [4.78, 5) is 20.1. The first-order valence-corrected chi connectivity index (χ1v) is 7.59. The summed E-state index contributed by atoms with van der Waals surface area (Å²) in [6, 6.07) is 9.16. The van der Waals surface area contributed by atoms with E-state index in [1.54, 1.807) is 49.2 Å². The van der Waals surface area contributed by atoms with E-state index in [-0.39, 0.29) is 0 Å². The highest BCUT2D eigenvalue weighted by Gasteiger charge is 1.97. The van der Waals surface area contributed by atoms with Gasteiger partial charge >= 0.3 is 0 Å². The van der Waals surface area contributed by atoms with Crippen LogP contribution in [0.15, 0.2) is 55.2 Å². The van der Waals surface area contributed by atoms with Gasteiger partial charge in [-0.15, -0.1) is 0 Å². The van der Waals surface area contributed by atoms with Crippen LogP contribution in [-0.2, 0) is 19.6 Å². The SMILES string of the molecule is N#Cc1ccc(CNCc2ncccn2)nc1.NCc1ncccn1. The highest BCUT2D eigenvalue weighted by Crippen LogP contribution is 1.98. The van der Waals surface area contributed by atoms with Gasteiger partial charge in [0.15, 0.2) is 0 Å². The smallest absolute Gasteiger partial charge is 0.141 e. The minimum Gasteiger partial charge on any atom is -0.324 e. The standard InChI is InChI=1S/C12H11N5.C5H7N3/c13-6-10-2-3-11(17-7-10)8-14-9-12-15-4-1-5-16-12;6-4-5-7-2-1-3-8-5/h1-5,7,14H,8-9H2;1-3H,4,6H2. The maximum Gasteiger partial charge on any atom is 0.141 e. The molecular formula is C17H18N8. The molecule has 126 valence electrons. The molecule has 0 fully saturated rings. The molecule has 0 spiro atoms. The maximum absolute atomic E-state index is 8.63. The molecule has 8 nitrogen and oxygen atoms in total. The number of pyridine rings is 1. The Labute approximate surface area is 145 Å². The Bertz CT molecular complexity index is 769. The zero-order valence-electron chi connectivity index (χ0n) is 13.6. The summed E-state index contributed by atoms with van der Waals surface area (Å²) in [6.45, 7) is 1.65. The lowest BCUT2D eigenvalue weighted by molar-refractivity contribution is 0.651. The number of nitriles is 1. The van der Waals surface area contributed by atoms with Crippen molar-refractivity contribution in [3.05, 3.63) is 78.2 Å². The molecule has 0 aromatic carbocycles. The van der Waals surface area contributed by atoms with E-state index in [1.807, 2.05) is 12.1 Å². The molecule has 0 bridgehead atoms. The largest absolute Gasteiger partial charge is 0.324 e. The first-order valence-electron chi connectivity index (χ1n) is 7.59. The first-order chi connectivity index (χ1) is 12.3. The van der Waals surface area contributed by atoms with Crippen LogP contribution in [0.5, 0.6) is 0 Å². The van der Waals surface area contributed by atoms with Gasteiger partial charge in [0, 0.05) is 37.5 Å². The number of rotatable bonds is 5. The Morgan fingerprint density at radius 3 is 2.00 bits per heavy atom. The molecule has 3 aromatic heterocycles. The average molecular weight is 334 g/mol. The highest BCUT2D eigenvalue weighted by atomic mass is 15.0. The molecule has 0 aliphatic heterocycles. The molecule has 0 amide bonds. The van der Waals surface area contributed by atoms with Gasteiger partial charge in [-0.3, -0.25) is 4.98 Å². The fraction of sp³-hybridized carbons (Fsp3) is 0.176. The molecule has 3 heterocycles. The van der Waals surface area contributed by atoms with E-state index >= 15 is 0 Å². The quantitative estimate of drug-likeness (QED) is 0.706. The molecule has 0 atom stereocenters. The van der Waals surface area contributed by atoms with Crippen LogP contribution >= 0.6 is 0 Å². The summed E-state index contributed by atoms with van der Waals surface area (Å²) in [5, 5.41) is 11.8. The van der Waals surface area contributed by atoms with Crippen molar-refractivity contribution in [3.8, 4) is 6.07 Å². The van der Waals surface area contributed by atoms with E-state index in [0.717, 1.165) is 11.5 Å². The van der Waals surface area contributed by atoms with Crippen LogP contribution in [0.25, 0.3) is 0 Å². The molecule has 3 rings (SSSR count). The summed E-state index contributed by atoms with van der Waals surface area (Å²) < 4.78 is 0. The maximum atomic E-state index is 8.63. The van der Waals surface area contributed by atoms with E-state index in [4.69, 9.17) is 11.0 Å². The molecule has 0 saturated heterocycles. The second-order valence-electron chi connectivity index (χ2n) is 4.79. The topological polar surface area (TPSA) is 126 Å². The number of hydrogen-bond donors (Lipinski definition) is 2. The van der Waals surface area contributed by atoms with Crippen LogP contribution in [0.1, 0.15) is 22.9 Å². The third kappa shape index (κ3) is 6.78. The molecule has 0 aliphatic rings. The Balaban J connectivity index is 0.000000236. The predicted octanol–water partition coefficient (Wildman–Crippen LogP) is 0.968. The monoisotopic (exact) mass is 334 g/mol.